The number of nitrogens with one attached hydrogen (secondary N) is 2. The average Bonchev–Trinajstić information content (AvgIpc) is 2.81. The summed E-state index contributed by atoms with van der Waals surface area (Å²) in [6, 6.07) is 20.2. The van der Waals surface area contributed by atoms with Crippen molar-refractivity contribution >= 4 is 28.9 Å². The van der Waals surface area contributed by atoms with Gasteiger partial charge in [-0.15, -0.1) is 0 Å². The predicted molar refractivity (Wildman–Crippen MR) is 120 cm³/mol. The molecule has 7 heteroatoms. The number of carbonyl (C=O) groups excluding carboxylic acids is 2. The molecule has 0 unspecified atom stereocenters. The van der Waals surface area contributed by atoms with Crippen molar-refractivity contribution in [2.24, 2.45) is 5.92 Å². The Kier molecular flexibility index (Phi) is 6.44. The minimum absolute atomic E-state index is 0.103. The van der Waals surface area contributed by atoms with Crippen LogP contribution in [0.2, 0.25) is 0 Å². The van der Waals surface area contributed by atoms with Crippen LogP contribution in [0.1, 0.15) is 23.2 Å². The lowest BCUT2D eigenvalue weighted by molar-refractivity contribution is -0.121. The van der Waals surface area contributed by atoms with E-state index in [2.05, 4.69) is 10.6 Å². The van der Waals surface area contributed by atoms with Gasteiger partial charge in [0.15, 0.2) is 0 Å². The van der Waals surface area contributed by atoms with E-state index in [1.54, 1.807) is 0 Å². The normalized spacial score (nSPS) is 14.1. The van der Waals surface area contributed by atoms with Gasteiger partial charge in [-0.25, -0.2) is 8.78 Å². The fourth-order valence-corrected chi connectivity index (χ4v) is 3.75. The van der Waals surface area contributed by atoms with Crippen LogP contribution in [0.15, 0.2) is 72.8 Å². The molecule has 3 aromatic rings. The number of hydrogen-bond acceptors (Lipinski definition) is 3. The molecule has 4 rings (SSSR count). The van der Waals surface area contributed by atoms with Gasteiger partial charge >= 0.3 is 0 Å². The summed E-state index contributed by atoms with van der Waals surface area (Å²) in [7, 11) is 0. The Morgan fingerprint density at radius 1 is 0.812 bits per heavy atom. The van der Waals surface area contributed by atoms with Gasteiger partial charge in [-0.05, 0) is 61.4 Å². The predicted octanol–water partition coefficient (Wildman–Crippen LogP) is 5.20. The Bertz CT molecular complexity index is 1100. The average molecular weight is 435 g/mol. The minimum Gasteiger partial charge on any atom is -0.356 e. The van der Waals surface area contributed by atoms with Crippen LogP contribution < -0.4 is 10.6 Å². The summed E-state index contributed by atoms with van der Waals surface area (Å²) in [6.07, 6.45) is 0.960. The van der Waals surface area contributed by atoms with Gasteiger partial charge in [0.25, 0.3) is 5.91 Å². The summed E-state index contributed by atoms with van der Waals surface area (Å²) in [5.74, 6) is -2.42. The van der Waals surface area contributed by atoms with Crippen molar-refractivity contribution in [3.05, 3.63) is 90.0 Å². The molecule has 0 spiro atoms. The molecule has 2 amide bonds. The zero-order valence-corrected chi connectivity index (χ0v) is 17.4. The van der Waals surface area contributed by atoms with Crippen molar-refractivity contribution in [2.75, 3.05) is 23.7 Å². The van der Waals surface area contributed by atoms with E-state index < -0.39 is 17.5 Å². The highest BCUT2D eigenvalue weighted by Gasteiger charge is 2.29. The Balaban J connectivity index is 1.29. The van der Waals surface area contributed by atoms with Gasteiger partial charge in [-0.3, -0.25) is 9.59 Å². The lowest BCUT2D eigenvalue weighted by Gasteiger charge is -2.31. The van der Waals surface area contributed by atoms with E-state index in [1.807, 2.05) is 54.6 Å². The third-order valence-corrected chi connectivity index (χ3v) is 5.53. The largest absolute Gasteiger partial charge is 0.356 e. The standard InChI is InChI=1S/C25H23F2N3O2/c26-18-6-11-22(23(27)16-18)25(32)30-14-12-17(13-15-30)24(31)29-21-9-7-20(8-10-21)28-19-4-2-1-3-5-19/h1-11,16-17,28H,12-15H2,(H,29,31). The van der Waals surface area contributed by atoms with Crippen LogP contribution in [0.4, 0.5) is 25.8 Å². The van der Waals surface area contributed by atoms with E-state index in [9.17, 15) is 18.4 Å². The van der Waals surface area contributed by atoms with E-state index >= 15 is 0 Å². The topological polar surface area (TPSA) is 61.4 Å². The minimum atomic E-state index is -0.875. The lowest BCUT2D eigenvalue weighted by atomic mass is 9.95. The monoisotopic (exact) mass is 435 g/mol. The second-order valence-electron chi connectivity index (χ2n) is 7.75. The van der Waals surface area contributed by atoms with Crippen molar-refractivity contribution in [3.63, 3.8) is 0 Å². The van der Waals surface area contributed by atoms with Crippen molar-refractivity contribution in [1.82, 2.24) is 4.90 Å². The van der Waals surface area contributed by atoms with Crippen molar-refractivity contribution in [1.29, 1.82) is 0 Å². The number of hydrogen-bond donors (Lipinski definition) is 2. The van der Waals surface area contributed by atoms with Gasteiger partial charge in [-0.2, -0.15) is 0 Å². The molecule has 3 aromatic carbocycles. The number of piperidine rings is 1. The highest BCUT2D eigenvalue weighted by Crippen LogP contribution is 2.23. The smallest absolute Gasteiger partial charge is 0.256 e. The number of rotatable bonds is 5. The fraction of sp³-hybridized carbons (Fsp3) is 0.200. The summed E-state index contributed by atoms with van der Waals surface area (Å²) >= 11 is 0. The van der Waals surface area contributed by atoms with Crippen molar-refractivity contribution < 1.29 is 18.4 Å². The Morgan fingerprint density at radius 3 is 2.09 bits per heavy atom. The first-order valence-corrected chi connectivity index (χ1v) is 10.5. The van der Waals surface area contributed by atoms with Gasteiger partial charge in [0.05, 0.1) is 5.56 Å². The third kappa shape index (κ3) is 5.11. The van der Waals surface area contributed by atoms with Crippen LogP contribution >= 0.6 is 0 Å². The van der Waals surface area contributed by atoms with E-state index in [4.69, 9.17) is 0 Å². The molecule has 0 atom stereocenters. The van der Waals surface area contributed by atoms with E-state index in [0.717, 1.165) is 23.5 Å². The zero-order chi connectivity index (χ0) is 22.5. The molecule has 0 bridgehead atoms. The molecule has 0 radical (unpaired) electrons. The highest BCUT2D eigenvalue weighted by atomic mass is 19.1. The first kappa shape index (κ1) is 21.5. The Morgan fingerprint density at radius 2 is 1.44 bits per heavy atom. The van der Waals surface area contributed by atoms with Gasteiger partial charge in [0, 0.05) is 42.1 Å². The van der Waals surface area contributed by atoms with Crippen LogP contribution in [0, 0.1) is 17.6 Å². The molecule has 0 saturated carbocycles. The summed E-state index contributed by atoms with van der Waals surface area (Å²) in [5, 5.41) is 6.21. The van der Waals surface area contributed by atoms with E-state index in [1.165, 1.54) is 4.90 Å². The molecule has 0 aliphatic carbocycles. The first-order valence-electron chi connectivity index (χ1n) is 10.5. The second-order valence-corrected chi connectivity index (χ2v) is 7.75. The molecule has 1 saturated heterocycles. The van der Waals surface area contributed by atoms with Crippen LogP contribution in [0.25, 0.3) is 0 Å². The Hall–Kier alpha value is -3.74. The maximum atomic E-state index is 13.9. The van der Waals surface area contributed by atoms with Crippen LogP contribution in [-0.4, -0.2) is 29.8 Å². The van der Waals surface area contributed by atoms with Crippen LogP contribution in [0.5, 0.6) is 0 Å². The molecule has 0 aromatic heterocycles. The second kappa shape index (κ2) is 9.60. The molecule has 164 valence electrons. The molecular formula is C25H23F2N3O2. The maximum Gasteiger partial charge on any atom is 0.256 e. The molecule has 1 aliphatic heterocycles. The lowest BCUT2D eigenvalue weighted by Crippen LogP contribution is -2.41. The summed E-state index contributed by atoms with van der Waals surface area (Å²) in [6.45, 7) is 0.682. The van der Waals surface area contributed by atoms with Crippen molar-refractivity contribution in [2.45, 2.75) is 12.8 Å². The number of para-hydroxylation sites is 1. The number of halogens is 2. The zero-order valence-electron chi connectivity index (χ0n) is 17.4. The number of nitrogens with zero attached hydrogens (tertiary/aromatic N) is 1. The molecule has 5 nitrogen and oxygen atoms in total. The fourth-order valence-electron chi connectivity index (χ4n) is 3.75. The molecule has 1 heterocycles. The first-order chi connectivity index (χ1) is 15.5. The SMILES string of the molecule is O=C(Nc1ccc(Nc2ccccc2)cc1)C1CCN(C(=O)c2ccc(F)cc2F)CC1. The van der Waals surface area contributed by atoms with Crippen LogP contribution in [-0.2, 0) is 4.79 Å². The third-order valence-electron chi connectivity index (χ3n) is 5.53. The quantitative estimate of drug-likeness (QED) is 0.579. The highest BCUT2D eigenvalue weighted by molar-refractivity contribution is 5.95. The number of benzene rings is 3. The van der Waals surface area contributed by atoms with E-state index in [-0.39, 0.29) is 17.4 Å². The van der Waals surface area contributed by atoms with E-state index in [0.29, 0.717) is 37.7 Å². The van der Waals surface area contributed by atoms with Gasteiger partial charge < -0.3 is 15.5 Å². The molecule has 32 heavy (non-hydrogen) atoms. The maximum absolute atomic E-state index is 13.9. The summed E-state index contributed by atoms with van der Waals surface area (Å²) in [4.78, 5) is 26.7. The number of amides is 2. The van der Waals surface area contributed by atoms with Gasteiger partial charge in [0.2, 0.25) is 5.91 Å². The van der Waals surface area contributed by atoms with Crippen molar-refractivity contribution in [3.8, 4) is 0 Å². The number of likely N-dealkylation sites (tertiary alicyclic amines) is 1. The number of carbonyl (C=O) groups is 2. The van der Waals surface area contributed by atoms with Crippen LogP contribution in [0.3, 0.4) is 0 Å². The molecule has 2 N–H and O–H groups in total. The summed E-state index contributed by atoms with van der Waals surface area (Å²) in [5.41, 5.74) is 2.43. The van der Waals surface area contributed by atoms with Gasteiger partial charge in [0.1, 0.15) is 11.6 Å². The molecular weight excluding hydrogens is 412 g/mol. The summed E-state index contributed by atoms with van der Waals surface area (Å²) < 4.78 is 27.0. The molecule has 1 aliphatic rings. The van der Waals surface area contributed by atoms with Gasteiger partial charge in [-0.1, -0.05) is 18.2 Å². The molecule has 1 fully saturated rings. The number of anilines is 3. The Labute approximate surface area is 185 Å².